The van der Waals surface area contributed by atoms with Crippen LogP contribution in [0.3, 0.4) is 0 Å². The van der Waals surface area contributed by atoms with Crippen molar-refractivity contribution in [2.75, 3.05) is 5.32 Å². The number of nitrogens with one attached hydrogen (secondary N) is 1. The lowest BCUT2D eigenvalue weighted by molar-refractivity contribution is 0.103. The Hall–Kier alpha value is -1.98. The maximum absolute atomic E-state index is 12.1. The highest BCUT2D eigenvalue weighted by atomic mass is 32.1. The van der Waals surface area contributed by atoms with Gasteiger partial charge in [0.2, 0.25) is 0 Å². The van der Waals surface area contributed by atoms with Gasteiger partial charge in [0.25, 0.3) is 5.91 Å². The third-order valence-corrected chi connectivity index (χ3v) is 4.73. The van der Waals surface area contributed by atoms with Gasteiger partial charge >= 0.3 is 0 Å². The largest absolute Gasteiger partial charge is 0.321 e. The van der Waals surface area contributed by atoms with Crippen molar-refractivity contribution in [1.82, 2.24) is 4.98 Å². The van der Waals surface area contributed by atoms with Gasteiger partial charge in [-0.1, -0.05) is 0 Å². The topological polar surface area (TPSA) is 42.0 Å². The minimum absolute atomic E-state index is 0.0560. The SMILES string of the molecule is Cc1ccsc1C(=O)Nc1ccc(-c2nccs2)cc1. The van der Waals surface area contributed by atoms with Crippen LogP contribution in [0.1, 0.15) is 15.2 Å². The number of carbonyl (C=O) groups is 1. The third kappa shape index (κ3) is 2.64. The number of nitrogens with zero attached hydrogens (tertiary/aromatic N) is 1. The van der Waals surface area contributed by atoms with Crippen molar-refractivity contribution in [3.8, 4) is 10.6 Å². The molecule has 0 saturated carbocycles. The second-order valence-electron chi connectivity index (χ2n) is 4.30. The number of anilines is 1. The molecule has 3 nitrogen and oxygen atoms in total. The lowest BCUT2D eigenvalue weighted by Gasteiger charge is -2.05. The number of hydrogen-bond acceptors (Lipinski definition) is 4. The molecule has 3 rings (SSSR count). The lowest BCUT2D eigenvalue weighted by atomic mass is 10.2. The molecule has 2 heterocycles. The van der Waals surface area contributed by atoms with Gasteiger partial charge in [0.05, 0.1) is 4.88 Å². The molecule has 0 bridgehead atoms. The molecule has 1 amide bonds. The Bertz CT molecular complexity index is 715. The van der Waals surface area contributed by atoms with Gasteiger partial charge < -0.3 is 5.32 Å². The minimum atomic E-state index is -0.0560. The molecule has 0 aliphatic heterocycles. The van der Waals surface area contributed by atoms with Crippen molar-refractivity contribution >= 4 is 34.3 Å². The van der Waals surface area contributed by atoms with Gasteiger partial charge in [-0.3, -0.25) is 4.79 Å². The molecule has 1 N–H and O–H groups in total. The molecule has 3 aromatic rings. The highest BCUT2D eigenvalue weighted by Crippen LogP contribution is 2.24. The zero-order chi connectivity index (χ0) is 13.9. The van der Waals surface area contributed by atoms with Crippen LogP contribution >= 0.6 is 22.7 Å². The predicted octanol–water partition coefficient (Wildman–Crippen LogP) is 4.43. The van der Waals surface area contributed by atoms with E-state index in [1.54, 1.807) is 17.5 Å². The number of thiazole rings is 1. The Morgan fingerprint density at radius 2 is 1.90 bits per heavy atom. The molecule has 0 unspecified atom stereocenters. The maximum atomic E-state index is 12.1. The normalized spacial score (nSPS) is 10.4. The van der Waals surface area contributed by atoms with Gasteiger partial charge in [0.15, 0.2) is 0 Å². The van der Waals surface area contributed by atoms with Crippen LogP contribution in [0.2, 0.25) is 0 Å². The molecule has 20 heavy (non-hydrogen) atoms. The van der Waals surface area contributed by atoms with Crippen molar-refractivity contribution in [1.29, 1.82) is 0 Å². The zero-order valence-corrected chi connectivity index (χ0v) is 12.4. The van der Waals surface area contributed by atoms with Crippen LogP contribution in [0.5, 0.6) is 0 Å². The van der Waals surface area contributed by atoms with Crippen molar-refractivity contribution in [2.45, 2.75) is 6.92 Å². The molecular weight excluding hydrogens is 288 g/mol. The van der Waals surface area contributed by atoms with Gasteiger partial charge in [-0.15, -0.1) is 22.7 Å². The first-order chi connectivity index (χ1) is 9.74. The fraction of sp³-hybridized carbons (Fsp3) is 0.0667. The maximum Gasteiger partial charge on any atom is 0.265 e. The number of aromatic nitrogens is 1. The number of rotatable bonds is 3. The summed E-state index contributed by atoms with van der Waals surface area (Å²) in [6, 6.07) is 9.69. The Morgan fingerprint density at radius 1 is 1.10 bits per heavy atom. The van der Waals surface area contributed by atoms with Gasteiger partial charge in [0, 0.05) is 22.8 Å². The molecule has 5 heteroatoms. The fourth-order valence-electron chi connectivity index (χ4n) is 1.86. The molecule has 100 valence electrons. The summed E-state index contributed by atoms with van der Waals surface area (Å²) in [5, 5.41) is 7.77. The molecule has 0 spiro atoms. The fourth-order valence-corrected chi connectivity index (χ4v) is 3.32. The van der Waals surface area contributed by atoms with Crippen LogP contribution in [0.15, 0.2) is 47.3 Å². The number of aryl methyl sites for hydroxylation is 1. The number of amides is 1. The Kier molecular flexibility index (Phi) is 3.62. The summed E-state index contributed by atoms with van der Waals surface area (Å²) >= 11 is 3.06. The van der Waals surface area contributed by atoms with E-state index >= 15 is 0 Å². The van der Waals surface area contributed by atoms with Gasteiger partial charge in [-0.05, 0) is 48.2 Å². The van der Waals surface area contributed by atoms with Crippen molar-refractivity contribution < 1.29 is 4.79 Å². The van der Waals surface area contributed by atoms with E-state index in [-0.39, 0.29) is 5.91 Å². The first-order valence-corrected chi connectivity index (χ1v) is 7.85. The predicted molar refractivity (Wildman–Crippen MR) is 84.6 cm³/mol. The second-order valence-corrected chi connectivity index (χ2v) is 6.11. The van der Waals surface area contributed by atoms with E-state index < -0.39 is 0 Å². The highest BCUT2D eigenvalue weighted by molar-refractivity contribution is 7.13. The molecule has 0 aliphatic carbocycles. The van der Waals surface area contributed by atoms with E-state index in [2.05, 4.69) is 10.3 Å². The van der Waals surface area contributed by atoms with Crippen LogP contribution in [-0.2, 0) is 0 Å². The van der Waals surface area contributed by atoms with E-state index in [9.17, 15) is 4.79 Å². The Balaban J connectivity index is 1.76. The van der Waals surface area contributed by atoms with Gasteiger partial charge in [-0.25, -0.2) is 4.98 Å². The summed E-state index contributed by atoms with van der Waals surface area (Å²) in [7, 11) is 0. The molecule has 0 radical (unpaired) electrons. The number of carbonyl (C=O) groups excluding carboxylic acids is 1. The first-order valence-electron chi connectivity index (χ1n) is 6.09. The van der Waals surface area contributed by atoms with Crippen molar-refractivity contribution in [2.24, 2.45) is 0 Å². The van der Waals surface area contributed by atoms with Crippen LogP contribution in [0.4, 0.5) is 5.69 Å². The van der Waals surface area contributed by atoms with Crippen LogP contribution in [-0.4, -0.2) is 10.9 Å². The van der Waals surface area contributed by atoms with Gasteiger partial charge in [0.1, 0.15) is 5.01 Å². The van der Waals surface area contributed by atoms with E-state index in [1.807, 2.05) is 48.0 Å². The number of hydrogen-bond donors (Lipinski definition) is 1. The standard InChI is InChI=1S/C15H12N2OS2/c1-10-6-8-19-13(10)14(18)17-12-4-2-11(3-5-12)15-16-7-9-20-15/h2-9H,1H3,(H,17,18). The monoisotopic (exact) mass is 300 g/mol. The molecule has 0 fully saturated rings. The van der Waals surface area contributed by atoms with Gasteiger partial charge in [-0.2, -0.15) is 0 Å². The summed E-state index contributed by atoms with van der Waals surface area (Å²) in [5.41, 5.74) is 2.86. The first kappa shape index (κ1) is 13.0. The molecule has 0 aliphatic rings. The summed E-state index contributed by atoms with van der Waals surface area (Å²) in [6.45, 7) is 1.94. The quantitative estimate of drug-likeness (QED) is 0.777. The van der Waals surface area contributed by atoms with E-state index in [1.165, 1.54) is 11.3 Å². The Morgan fingerprint density at radius 3 is 2.50 bits per heavy atom. The van der Waals surface area contributed by atoms with Crippen LogP contribution in [0.25, 0.3) is 10.6 Å². The average Bonchev–Trinajstić information content (AvgIpc) is 3.10. The van der Waals surface area contributed by atoms with Crippen LogP contribution in [0, 0.1) is 6.92 Å². The molecule has 2 aromatic heterocycles. The molecule has 1 aromatic carbocycles. The average molecular weight is 300 g/mol. The molecular formula is C15H12N2OS2. The minimum Gasteiger partial charge on any atom is -0.321 e. The van der Waals surface area contributed by atoms with Crippen LogP contribution < -0.4 is 5.32 Å². The second kappa shape index (κ2) is 5.56. The smallest absolute Gasteiger partial charge is 0.265 e. The zero-order valence-electron chi connectivity index (χ0n) is 10.8. The van der Waals surface area contributed by atoms with E-state index in [0.717, 1.165) is 26.7 Å². The molecule has 0 atom stereocenters. The third-order valence-electron chi connectivity index (χ3n) is 2.89. The highest BCUT2D eigenvalue weighted by Gasteiger charge is 2.10. The van der Waals surface area contributed by atoms with E-state index in [0.29, 0.717) is 0 Å². The van der Waals surface area contributed by atoms with Crippen molar-refractivity contribution in [3.05, 3.63) is 57.7 Å². The number of benzene rings is 1. The molecule has 0 saturated heterocycles. The summed E-state index contributed by atoms with van der Waals surface area (Å²) in [5.74, 6) is -0.0560. The summed E-state index contributed by atoms with van der Waals surface area (Å²) < 4.78 is 0. The van der Waals surface area contributed by atoms with E-state index in [4.69, 9.17) is 0 Å². The summed E-state index contributed by atoms with van der Waals surface area (Å²) in [4.78, 5) is 17.1. The lowest BCUT2D eigenvalue weighted by Crippen LogP contribution is -2.11. The number of thiophene rings is 1. The Labute approximate surface area is 124 Å². The van der Waals surface area contributed by atoms with Crippen molar-refractivity contribution in [3.63, 3.8) is 0 Å². The summed E-state index contributed by atoms with van der Waals surface area (Å²) in [6.07, 6.45) is 1.79.